The van der Waals surface area contributed by atoms with Gasteiger partial charge >= 0.3 is 5.97 Å². The first kappa shape index (κ1) is 9.67. The van der Waals surface area contributed by atoms with Crippen LogP contribution in [0.25, 0.3) is 0 Å². The highest BCUT2D eigenvalue weighted by molar-refractivity contribution is 5.89. The maximum absolute atomic E-state index is 11.1. The van der Waals surface area contributed by atoms with Crippen molar-refractivity contribution >= 4 is 5.97 Å². The Kier molecular flexibility index (Phi) is 2.97. The third-order valence-corrected chi connectivity index (χ3v) is 1.63. The minimum Gasteiger partial charge on any atom is -0.465 e. The Bertz CT molecular complexity index is 309. The van der Waals surface area contributed by atoms with Crippen LogP contribution in [0.15, 0.2) is 18.3 Å². The van der Waals surface area contributed by atoms with Crippen LogP contribution in [0.2, 0.25) is 0 Å². The number of hydrogen-bond donors (Lipinski definition) is 1. The standard InChI is InChI=1S/C9H11NO3/c1-6(11)8-5-7(3-4-10-8)9(12)13-2/h3-6,11H,1-2H3. The highest BCUT2D eigenvalue weighted by Crippen LogP contribution is 2.10. The molecule has 1 unspecified atom stereocenters. The Morgan fingerprint density at radius 3 is 2.92 bits per heavy atom. The summed E-state index contributed by atoms with van der Waals surface area (Å²) >= 11 is 0. The Morgan fingerprint density at radius 1 is 1.69 bits per heavy atom. The fourth-order valence-corrected chi connectivity index (χ4v) is 0.922. The molecule has 4 heteroatoms. The lowest BCUT2D eigenvalue weighted by molar-refractivity contribution is 0.0600. The summed E-state index contributed by atoms with van der Waals surface area (Å²) in [5, 5.41) is 9.19. The predicted molar refractivity (Wildman–Crippen MR) is 46.2 cm³/mol. The lowest BCUT2D eigenvalue weighted by Gasteiger charge is -2.04. The molecule has 1 aromatic rings. The highest BCUT2D eigenvalue weighted by Gasteiger charge is 2.08. The summed E-state index contributed by atoms with van der Waals surface area (Å²) < 4.78 is 4.52. The summed E-state index contributed by atoms with van der Waals surface area (Å²) in [6.45, 7) is 1.59. The summed E-state index contributed by atoms with van der Waals surface area (Å²) in [4.78, 5) is 15.0. The predicted octanol–water partition coefficient (Wildman–Crippen LogP) is 0.921. The molecule has 0 aromatic carbocycles. The maximum atomic E-state index is 11.1. The number of pyridine rings is 1. The van der Waals surface area contributed by atoms with E-state index < -0.39 is 12.1 Å². The fraction of sp³-hybridized carbons (Fsp3) is 0.333. The number of carbonyl (C=O) groups is 1. The summed E-state index contributed by atoms with van der Waals surface area (Å²) in [7, 11) is 1.31. The molecule has 4 nitrogen and oxygen atoms in total. The van der Waals surface area contributed by atoms with Gasteiger partial charge in [-0.05, 0) is 19.1 Å². The molecular formula is C9H11NO3. The smallest absolute Gasteiger partial charge is 0.337 e. The number of hydrogen-bond acceptors (Lipinski definition) is 4. The van der Waals surface area contributed by atoms with Crippen molar-refractivity contribution in [2.75, 3.05) is 7.11 Å². The molecule has 0 amide bonds. The summed E-state index contributed by atoms with van der Waals surface area (Å²) in [6.07, 6.45) is 0.790. The van der Waals surface area contributed by atoms with Crippen molar-refractivity contribution in [2.24, 2.45) is 0 Å². The third-order valence-electron chi connectivity index (χ3n) is 1.63. The average Bonchev–Trinajstić information content (AvgIpc) is 2.17. The van der Waals surface area contributed by atoms with Gasteiger partial charge in [-0.25, -0.2) is 4.79 Å². The average molecular weight is 181 g/mol. The SMILES string of the molecule is COC(=O)c1ccnc(C(C)O)c1. The molecule has 1 aromatic heterocycles. The van der Waals surface area contributed by atoms with Crippen LogP contribution in [0.4, 0.5) is 0 Å². The molecule has 0 radical (unpaired) electrons. The van der Waals surface area contributed by atoms with Gasteiger partial charge in [0, 0.05) is 6.20 Å². The second kappa shape index (κ2) is 4.00. The topological polar surface area (TPSA) is 59.4 Å². The van der Waals surface area contributed by atoms with E-state index in [9.17, 15) is 9.90 Å². The number of methoxy groups -OCH3 is 1. The van der Waals surface area contributed by atoms with Gasteiger partial charge < -0.3 is 9.84 Å². The van der Waals surface area contributed by atoms with E-state index in [-0.39, 0.29) is 0 Å². The number of nitrogens with zero attached hydrogens (tertiary/aromatic N) is 1. The summed E-state index contributed by atoms with van der Waals surface area (Å²) in [6, 6.07) is 3.05. The van der Waals surface area contributed by atoms with Gasteiger partial charge in [0.25, 0.3) is 0 Å². The Labute approximate surface area is 76.2 Å². The number of aliphatic hydroxyl groups is 1. The molecular weight excluding hydrogens is 170 g/mol. The van der Waals surface area contributed by atoms with E-state index in [1.807, 2.05) is 0 Å². The molecule has 70 valence electrons. The van der Waals surface area contributed by atoms with Crippen LogP contribution in [0, 0.1) is 0 Å². The van der Waals surface area contributed by atoms with E-state index in [0.29, 0.717) is 11.3 Å². The number of aliphatic hydroxyl groups excluding tert-OH is 1. The lowest BCUT2D eigenvalue weighted by atomic mass is 10.2. The number of carbonyl (C=O) groups excluding carboxylic acids is 1. The van der Waals surface area contributed by atoms with E-state index in [1.165, 1.54) is 25.4 Å². The Hall–Kier alpha value is -1.42. The van der Waals surface area contributed by atoms with Crippen molar-refractivity contribution in [3.8, 4) is 0 Å². The van der Waals surface area contributed by atoms with Gasteiger partial charge in [-0.15, -0.1) is 0 Å². The van der Waals surface area contributed by atoms with Crippen molar-refractivity contribution in [1.82, 2.24) is 4.98 Å². The molecule has 13 heavy (non-hydrogen) atoms. The van der Waals surface area contributed by atoms with Gasteiger partial charge in [-0.3, -0.25) is 4.98 Å². The first-order valence-electron chi connectivity index (χ1n) is 3.87. The number of aromatic nitrogens is 1. The van der Waals surface area contributed by atoms with Gasteiger partial charge in [0.05, 0.1) is 24.5 Å². The molecule has 1 atom stereocenters. The highest BCUT2D eigenvalue weighted by atomic mass is 16.5. The molecule has 0 spiro atoms. The van der Waals surface area contributed by atoms with E-state index in [2.05, 4.69) is 9.72 Å². The van der Waals surface area contributed by atoms with E-state index in [0.717, 1.165) is 0 Å². The lowest BCUT2D eigenvalue weighted by Crippen LogP contribution is -2.04. The molecule has 0 saturated carbocycles. The second-order valence-corrected chi connectivity index (χ2v) is 2.64. The Morgan fingerprint density at radius 2 is 2.38 bits per heavy atom. The van der Waals surface area contributed by atoms with Gasteiger partial charge in [0.15, 0.2) is 0 Å². The second-order valence-electron chi connectivity index (χ2n) is 2.64. The molecule has 0 aliphatic rings. The summed E-state index contributed by atoms with van der Waals surface area (Å²) in [5.74, 6) is -0.427. The fourth-order valence-electron chi connectivity index (χ4n) is 0.922. The zero-order valence-electron chi connectivity index (χ0n) is 7.52. The van der Waals surface area contributed by atoms with E-state index in [1.54, 1.807) is 6.92 Å². The van der Waals surface area contributed by atoms with Crippen molar-refractivity contribution in [2.45, 2.75) is 13.0 Å². The third kappa shape index (κ3) is 2.26. The number of ether oxygens (including phenoxy) is 1. The van der Waals surface area contributed by atoms with Crippen LogP contribution in [0.5, 0.6) is 0 Å². The first-order chi connectivity index (χ1) is 6.15. The van der Waals surface area contributed by atoms with Gasteiger partial charge in [-0.2, -0.15) is 0 Å². The van der Waals surface area contributed by atoms with Crippen molar-refractivity contribution in [3.63, 3.8) is 0 Å². The van der Waals surface area contributed by atoms with Crippen molar-refractivity contribution in [3.05, 3.63) is 29.6 Å². The first-order valence-corrected chi connectivity index (χ1v) is 3.87. The van der Waals surface area contributed by atoms with Crippen LogP contribution in [0.3, 0.4) is 0 Å². The zero-order valence-corrected chi connectivity index (χ0v) is 7.52. The maximum Gasteiger partial charge on any atom is 0.337 e. The van der Waals surface area contributed by atoms with Crippen LogP contribution in [-0.2, 0) is 4.74 Å². The largest absolute Gasteiger partial charge is 0.465 e. The molecule has 1 N–H and O–H groups in total. The Balaban J connectivity index is 2.98. The minimum absolute atomic E-state index is 0.397. The quantitative estimate of drug-likeness (QED) is 0.689. The van der Waals surface area contributed by atoms with Gasteiger partial charge in [0.2, 0.25) is 0 Å². The van der Waals surface area contributed by atoms with Crippen molar-refractivity contribution < 1.29 is 14.6 Å². The minimum atomic E-state index is -0.676. The number of rotatable bonds is 2. The number of esters is 1. The van der Waals surface area contributed by atoms with E-state index >= 15 is 0 Å². The molecule has 1 rings (SSSR count). The van der Waals surface area contributed by atoms with Crippen molar-refractivity contribution in [1.29, 1.82) is 0 Å². The molecule has 0 aliphatic carbocycles. The van der Waals surface area contributed by atoms with Gasteiger partial charge in [0.1, 0.15) is 0 Å². The molecule has 1 heterocycles. The van der Waals surface area contributed by atoms with Crippen LogP contribution in [0.1, 0.15) is 29.1 Å². The molecule has 0 aliphatic heterocycles. The molecule has 0 bridgehead atoms. The van der Waals surface area contributed by atoms with Gasteiger partial charge in [-0.1, -0.05) is 0 Å². The van der Waals surface area contributed by atoms with E-state index in [4.69, 9.17) is 0 Å². The normalized spacial score (nSPS) is 12.2. The molecule has 0 fully saturated rings. The van der Waals surface area contributed by atoms with Crippen LogP contribution in [-0.4, -0.2) is 23.2 Å². The van der Waals surface area contributed by atoms with Crippen LogP contribution < -0.4 is 0 Å². The summed E-state index contributed by atoms with van der Waals surface area (Å²) in [5.41, 5.74) is 0.858. The monoisotopic (exact) mass is 181 g/mol. The molecule has 0 saturated heterocycles. The van der Waals surface area contributed by atoms with Crippen LogP contribution >= 0.6 is 0 Å². The zero-order chi connectivity index (χ0) is 9.84.